The number of anilines is 2. The van der Waals surface area contributed by atoms with Gasteiger partial charge in [0.25, 0.3) is 0 Å². The maximum Gasteiger partial charge on any atom is 0.414 e. The highest BCUT2D eigenvalue weighted by Crippen LogP contribution is 2.37. The summed E-state index contributed by atoms with van der Waals surface area (Å²) in [4.78, 5) is 62.9. The number of ketones is 1. The molecule has 0 aliphatic carbocycles. The van der Waals surface area contributed by atoms with Crippen LogP contribution in [0.1, 0.15) is 42.6 Å². The Morgan fingerprint density at radius 2 is 1.80 bits per heavy atom. The fraction of sp³-hybridized carbons (Fsp3) is 0.393. The molecule has 0 saturated carbocycles. The first-order chi connectivity index (χ1) is 19.0. The minimum absolute atomic E-state index is 0.0263. The van der Waals surface area contributed by atoms with E-state index in [-0.39, 0.29) is 56.0 Å². The molecule has 212 valence electrons. The number of hydrogen-bond acceptors (Lipinski definition) is 7. The lowest BCUT2D eigenvalue weighted by Gasteiger charge is -2.48. The van der Waals surface area contributed by atoms with Crippen LogP contribution in [0.25, 0.3) is 0 Å². The molecule has 0 unspecified atom stereocenters. The van der Waals surface area contributed by atoms with Crippen LogP contribution in [0, 0.1) is 5.82 Å². The largest absolute Gasteiger partial charge is 0.442 e. The second-order valence-electron chi connectivity index (χ2n) is 10.3. The van der Waals surface area contributed by atoms with Crippen LogP contribution in [-0.4, -0.2) is 73.3 Å². The van der Waals surface area contributed by atoms with Crippen molar-refractivity contribution in [2.75, 3.05) is 42.9 Å². The number of likely N-dealkylation sites (tertiary alicyclic amines) is 1. The van der Waals surface area contributed by atoms with Gasteiger partial charge in [-0.2, -0.15) is 0 Å². The summed E-state index contributed by atoms with van der Waals surface area (Å²) in [6, 6.07) is 10.9. The van der Waals surface area contributed by atoms with E-state index in [1.54, 1.807) is 41.3 Å². The SMILES string of the molecule is CC(=O)NC[C@H]1CN(c2ccc(C3(C)CN(C(=O)CCC(=O)c4ccc(NC(=O)CN)cc4)C3)c(F)c2)C(=O)O1. The van der Waals surface area contributed by atoms with Crippen LogP contribution in [0.15, 0.2) is 42.5 Å². The molecule has 2 aromatic rings. The van der Waals surface area contributed by atoms with E-state index in [0.717, 1.165) is 0 Å². The van der Waals surface area contributed by atoms with E-state index in [1.165, 1.54) is 17.9 Å². The van der Waals surface area contributed by atoms with Gasteiger partial charge in [0.2, 0.25) is 17.7 Å². The van der Waals surface area contributed by atoms with Gasteiger partial charge in [-0.25, -0.2) is 9.18 Å². The number of halogens is 1. The molecule has 11 nitrogen and oxygen atoms in total. The van der Waals surface area contributed by atoms with E-state index >= 15 is 4.39 Å². The molecule has 2 fully saturated rings. The minimum atomic E-state index is -0.613. The first-order valence-electron chi connectivity index (χ1n) is 12.9. The van der Waals surface area contributed by atoms with Crippen molar-refractivity contribution >= 4 is 41.0 Å². The van der Waals surface area contributed by atoms with Crippen molar-refractivity contribution in [3.8, 4) is 0 Å². The summed E-state index contributed by atoms with van der Waals surface area (Å²) in [5, 5.41) is 5.19. The molecule has 2 aromatic carbocycles. The van der Waals surface area contributed by atoms with E-state index in [0.29, 0.717) is 35.6 Å². The van der Waals surface area contributed by atoms with Crippen LogP contribution >= 0.6 is 0 Å². The quantitative estimate of drug-likeness (QED) is 0.381. The summed E-state index contributed by atoms with van der Waals surface area (Å²) < 4.78 is 20.4. The van der Waals surface area contributed by atoms with Gasteiger partial charge in [-0.05, 0) is 42.0 Å². The third-order valence-corrected chi connectivity index (χ3v) is 7.04. The molecular formula is C28H32FN5O6. The highest BCUT2D eigenvalue weighted by atomic mass is 19.1. The van der Waals surface area contributed by atoms with E-state index in [2.05, 4.69) is 10.6 Å². The highest BCUT2D eigenvalue weighted by molar-refractivity contribution is 5.99. The summed E-state index contributed by atoms with van der Waals surface area (Å²) in [6.07, 6.45) is -1.09. The van der Waals surface area contributed by atoms with E-state index in [4.69, 9.17) is 10.5 Å². The summed E-state index contributed by atoms with van der Waals surface area (Å²) in [5.74, 6) is -1.47. The number of rotatable bonds is 10. The van der Waals surface area contributed by atoms with Gasteiger partial charge in [-0.3, -0.25) is 24.1 Å². The minimum Gasteiger partial charge on any atom is -0.442 e. The third kappa shape index (κ3) is 6.45. The normalized spacial score (nSPS) is 17.6. The van der Waals surface area contributed by atoms with Gasteiger partial charge in [0, 0.05) is 49.5 Å². The maximum absolute atomic E-state index is 15.2. The number of carbonyl (C=O) groups excluding carboxylic acids is 5. The molecule has 0 aromatic heterocycles. The summed E-state index contributed by atoms with van der Waals surface area (Å²) in [7, 11) is 0. The molecule has 4 N–H and O–H groups in total. The Morgan fingerprint density at radius 1 is 1.10 bits per heavy atom. The van der Waals surface area contributed by atoms with Gasteiger partial charge in [-0.1, -0.05) is 13.0 Å². The molecule has 12 heteroatoms. The Labute approximate surface area is 230 Å². The zero-order chi connectivity index (χ0) is 29.0. The van der Waals surface area contributed by atoms with Gasteiger partial charge in [0.05, 0.1) is 25.3 Å². The van der Waals surface area contributed by atoms with Crippen LogP contribution in [-0.2, 0) is 24.5 Å². The summed E-state index contributed by atoms with van der Waals surface area (Å²) >= 11 is 0. The molecule has 0 spiro atoms. The number of cyclic esters (lactones) is 1. The van der Waals surface area contributed by atoms with Crippen molar-refractivity contribution < 1.29 is 33.1 Å². The van der Waals surface area contributed by atoms with Crippen molar-refractivity contribution in [3.05, 3.63) is 59.4 Å². The Kier molecular flexibility index (Phi) is 8.48. The van der Waals surface area contributed by atoms with Crippen molar-refractivity contribution in [2.45, 2.75) is 38.2 Å². The number of Topliss-reactive ketones (excluding diaryl/α,β-unsaturated/α-hetero) is 1. The zero-order valence-corrected chi connectivity index (χ0v) is 22.4. The molecule has 0 radical (unpaired) electrons. The molecule has 4 amide bonds. The number of carbonyl (C=O) groups is 5. The number of amides is 4. The van der Waals surface area contributed by atoms with Crippen molar-refractivity contribution in [3.63, 3.8) is 0 Å². The van der Waals surface area contributed by atoms with Crippen LogP contribution < -0.4 is 21.3 Å². The molecule has 2 saturated heterocycles. The number of ether oxygens (including phenoxy) is 1. The Hall–Kier alpha value is -4.32. The molecule has 0 bridgehead atoms. The Morgan fingerprint density at radius 3 is 2.42 bits per heavy atom. The van der Waals surface area contributed by atoms with Crippen LogP contribution in [0.4, 0.5) is 20.6 Å². The van der Waals surface area contributed by atoms with E-state index in [1.807, 2.05) is 6.92 Å². The average Bonchev–Trinajstić information content (AvgIpc) is 3.29. The molecule has 40 heavy (non-hydrogen) atoms. The van der Waals surface area contributed by atoms with Crippen molar-refractivity contribution in [1.29, 1.82) is 0 Å². The van der Waals surface area contributed by atoms with Gasteiger partial charge in [0.15, 0.2) is 5.78 Å². The van der Waals surface area contributed by atoms with Gasteiger partial charge < -0.3 is 26.0 Å². The first-order valence-corrected chi connectivity index (χ1v) is 12.9. The number of hydrogen-bond donors (Lipinski definition) is 3. The Bertz CT molecular complexity index is 1320. The smallest absolute Gasteiger partial charge is 0.414 e. The monoisotopic (exact) mass is 553 g/mol. The molecule has 2 aliphatic rings. The Balaban J connectivity index is 1.28. The number of benzene rings is 2. The highest BCUT2D eigenvalue weighted by Gasteiger charge is 2.44. The van der Waals surface area contributed by atoms with Crippen LogP contribution in [0.5, 0.6) is 0 Å². The average molecular weight is 554 g/mol. The molecule has 2 aliphatic heterocycles. The standard InChI is InChI=1S/C28H32FN5O6/c1-17(35)31-13-21-14-34(27(39)40-21)20-7-8-22(23(29)11-20)28(2)15-33(16-28)26(38)10-9-24(36)18-3-5-19(6-4-18)32-25(37)12-30/h3-8,11,21H,9-10,12-16,30H2,1-2H3,(H,31,35)(H,32,37)/t21-/m0/s1. The number of nitrogens with two attached hydrogens (primary N) is 1. The fourth-order valence-corrected chi connectivity index (χ4v) is 4.87. The predicted octanol–water partition coefficient (Wildman–Crippen LogP) is 1.95. The van der Waals surface area contributed by atoms with Crippen molar-refractivity contribution in [1.82, 2.24) is 10.2 Å². The lowest BCUT2D eigenvalue weighted by Crippen LogP contribution is -2.59. The number of nitrogens with one attached hydrogen (secondary N) is 2. The molecule has 4 rings (SSSR count). The number of nitrogens with zero attached hydrogens (tertiary/aromatic N) is 2. The van der Waals surface area contributed by atoms with Crippen LogP contribution in [0.3, 0.4) is 0 Å². The first kappa shape index (κ1) is 28.7. The van der Waals surface area contributed by atoms with Gasteiger partial charge in [0.1, 0.15) is 11.9 Å². The molecule has 2 heterocycles. The van der Waals surface area contributed by atoms with Gasteiger partial charge in [-0.15, -0.1) is 0 Å². The van der Waals surface area contributed by atoms with Crippen LogP contribution in [0.2, 0.25) is 0 Å². The topological polar surface area (TPSA) is 151 Å². The second kappa shape index (κ2) is 11.8. The maximum atomic E-state index is 15.2. The fourth-order valence-electron chi connectivity index (χ4n) is 4.87. The zero-order valence-electron chi connectivity index (χ0n) is 22.4. The van der Waals surface area contributed by atoms with Crippen molar-refractivity contribution in [2.24, 2.45) is 5.73 Å². The summed E-state index contributed by atoms with van der Waals surface area (Å²) in [6.45, 7) is 4.05. The molecular weight excluding hydrogens is 521 g/mol. The van der Waals surface area contributed by atoms with Gasteiger partial charge >= 0.3 is 6.09 Å². The predicted molar refractivity (Wildman–Crippen MR) is 144 cm³/mol. The van der Waals surface area contributed by atoms with E-state index < -0.39 is 23.4 Å². The second-order valence-corrected chi connectivity index (χ2v) is 10.3. The molecule has 1 atom stereocenters. The van der Waals surface area contributed by atoms with E-state index in [9.17, 15) is 24.0 Å². The lowest BCUT2D eigenvalue weighted by molar-refractivity contribution is -0.138. The summed E-state index contributed by atoms with van der Waals surface area (Å²) in [5.41, 5.74) is 6.39. The third-order valence-electron chi connectivity index (χ3n) is 7.04. The lowest BCUT2D eigenvalue weighted by atomic mass is 9.75.